The topological polar surface area (TPSA) is 51.2 Å². The summed E-state index contributed by atoms with van der Waals surface area (Å²) in [5, 5.41) is 0. The van der Waals surface area contributed by atoms with Crippen LogP contribution in [0.1, 0.15) is 43.5 Å². The van der Waals surface area contributed by atoms with E-state index < -0.39 is 5.92 Å². The van der Waals surface area contributed by atoms with Crippen molar-refractivity contribution in [1.82, 2.24) is 0 Å². The fraction of sp³-hybridized carbons (Fsp3) is 0.400. The molecule has 1 aromatic rings. The Morgan fingerprint density at radius 1 is 1.11 bits per heavy atom. The molecule has 0 radical (unpaired) electrons. The maximum absolute atomic E-state index is 12.2. The lowest BCUT2D eigenvalue weighted by atomic mass is 9.89. The summed E-state index contributed by atoms with van der Waals surface area (Å²) >= 11 is 0. The fourth-order valence-electron chi connectivity index (χ4n) is 1.80. The predicted molar refractivity (Wildman–Crippen MR) is 69.5 cm³/mol. The van der Waals surface area contributed by atoms with Crippen molar-refractivity contribution in [3.8, 4) is 0 Å². The summed E-state index contributed by atoms with van der Waals surface area (Å²) < 4.78 is 0. The summed E-state index contributed by atoms with van der Waals surface area (Å²) in [6.07, 6.45) is 1.05. The van der Waals surface area contributed by atoms with E-state index in [1.165, 1.54) is 6.92 Å². The van der Waals surface area contributed by atoms with E-state index in [-0.39, 0.29) is 17.3 Å². The number of rotatable bonds is 7. The molecule has 0 bridgehead atoms. The van der Waals surface area contributed by atoms with Crippen molar-refractivity contribution in [3.05, 3.63) is 35.9 Å². The number of hydrogen-bond donors (Lipinski definition) is 0. The van der Waals surface area contributed by atoms with Crippen LogP contribution in [0.5, 0.6) is 0 Å². The third kappa shape index (κ3) is 3.91. The molecular weight excluding hydrogens is 228 g/mol. The Morgan fingerprint density at radius 3 is 2.22 bits per heavy atom. The minimum absolute atomic E-state index is 0.0853. The summed E-state index contributed by atoms with van der Waals surface area (Å²) in [7, 11) is 0. The van der Waals surface area contributed by atoms with Gasteiger partial charge in [0.2, 0.25) is 0 Å². The molecule has 3 nitrogen and oxygen atoms in total. The molecule has 1 rings (SSSR count). The zero-order valence-electron chi connectivity index (χ0n) is 10.8. The summed E-state index contributed by atoms with van der Waals surface area (Å²) in [4.78, 5) is 35.0. The van der Waals surface area contributed by atoms with Crippen molar-refractivity contribution in [2.75, 3.05) is 0 Å². The maximum Gasteiger partial charge on any atom is 0.173 e. The van der Waals surface area contributed by atoms with Crippen LogP contribution in [-0.4, -0.2) is 17.3 Å². The molecule has 1 unspecified atom stereocenters. The van der Waals surface area contributed by atoms with Crippen LogP contribution in [0.4, 0.5) is 0 Å². The summed E-state index contributed by atoms with van der Waals surface area (Å²) in [6, 6.07) is 8.74. The third-order valence-electron chi connectivity index (χ3n) is 2.97. The van der Waals surface area contributed by atoms with Crippen LogP contribution in [0.25, 0.3) is 0 Å². The van der Waals surface area contributed by atoms with Crippen LogP contribution in [0.3, 0.4) is 0 Å². The van der Waals surface area contributed by atoms with Gasteiger partial charge in [0.15, 0.2) is 5.78 Å². The Kier molecular flexibility index (Phi) is 5.43. The first kappa shape index (κ1) is 14.3. The van der Waals surface area contributed by atoms with Crippen molar-refractivity contribution in [2.24, 2.45) is 5.92 Å². The number of benzene rings is 1. The van der Waals surface area contributed by atoms with Crippen LogP contribution in [0.2, 0.25) is 0 Å². The van der Waals surface area contributed by atoms with E-state index in [0.717, 1.165) is 0 Å². The molecule has 3 heteroatoms. The minimum Gasteiger partial charge on any atom is -0.300 e. The van der Waals surface area contributed by atoms with Gasteiger partial charge in [0, 0.05) is 18.4 Å². The molecule has 0 amide bonds. The molecule has 0 fully saturated rings. The van der Waals surface area contributed by atoms with Gasteiger partial charge in [-0.2, -0.15) is 0 Å². The Balaban J connectivity index is 2.77. The van der Waals surface area contributed by atoms with Gasteiger partial charge in [-0.25, -0.2) is 0 Å². The molecule has 0 saturated carbocycles. The fourth-order valence-corrected chi connectivity index (χ4v) is 1.80. The Hall–Kier alpha value is -1.77. The van der Waals surface area contributed by atoms with Crippen molar-refractivity contribution in [2.45, 2.75) is 33.1 Å². The standard InChI is InChI=1S/C15H18O3/c1-3-13(17)9-10-14(11(2)16)15(18)12-7-5-4-6-8-12/h4-8,14H,3,9-10H2,1-2H3. The van der Waals surface area contributed by atoms with Crippen molar-refractivity contribution >= 4 is 17.3 Å². The molecule has 1 aromatic carbocycles. The molecule has 0 spiro atoms. The number of carbonyl (C=O) groups excluding carboxylic acids is 3. The van der Waals surface area contributed by atoms with Gasteiger partial charge < -0.3 is 0 Å². The monoisotopic (exact) mass is 246 g/mol. The third-order valence-corrected chi connectivity index (χ3v) is 2.97. The van der Waals surface area contributed by atoms with E-state index in [0.29, 0.717) is 24.8 Å². The van der Waals surface area contributed by atoms with Crippen LogP contribution < -0.4 is 0 Å². The average Bonchev–Trinajstić information content (AvgIpc) is 2.39. The van der Waals surface area contributed by atoms with Crippen molar-refractivity contribution < 1.29 is 14.4 Å². The first-order chi connectivity index (χ1) is 8.56. The Bertz CT molecular complexity index is 434. The number of Topliss-reactive ketones (excluding diaryl/α,β-unsaturated/α-hetero) is 3. The largest absolute Gasteiger partial charge is 0.300 e. The van der Waals surface area contributed by atoms with Gasteiger partial charge in [0.25, 0.3) is 0 Å². The van der Waals surface area contributed by atoms with Gasteiger partial charge in [0.05, 0.1) is 5.92 Å². The SMILES string of the molecule is CCC(=O)CCC(C(C)=O)C(=O)c1ccccc1. The maximum atomic E-state index is 12.2. The summed E-state index contributed by atoms with van der Waals surface area (Å²) in [5.41, 5.74) is 0.529. The molecule has 0 heterocycles. The van der Waals surface area contributed by atoms with E-state index >= 15 is 0 Å². The smallest absolute Gasteiger partial charge is 0.173 e. The van der Waals surface area contributed by atoms with Gasteiger partial charge in [0.1, 0.15) is 11.6 Å². The molecule has 0 aliphatic rings. The zero-order chi connectivity index (χ0) is 13.5. The molecule has 0 N–H and O–H groups in total. The number of carbonyl (C=O) groups is 3. The lowest BCUT2D eigenvalue weighted by molar-refractivity contribution is -0.120. The predicted octanol–water partition coefficient (Wildman–Crippen LogP) is 2.83. The van der Waals surface area contributed by atoms with E-state index in [1.807, 2.05) is 6.07 Å². The zero-order valence-corrected chi connectivity index (χ0v) is 10.8. The lowest BCUT2D eigenvalue weighted by Gasteiger charge is -2.12. The van der Waals surface area contributed by atoms with Crippen LogP contribution in [0.15, 0.2) is 30.3 Å². The second kappa shape index (κ2) is 6.84. The first-order valence-corrected chi connectivity index (χ1v) is 6.17. The van der Waals surface area contributed by atoms with Gasteiger partial charge >= 0.3 is 0 Å². The van der Waals surface area contributed by atoms with E-state index in [1.54, 1.807) is 31.2 Å². The highest BCUT2D eigenvalue weighted by Gasteiger charge is 2.24. The van der Waals surface area contributed by atoms with E-state index in [2.05, 4.69) is 0 Å². The summed E-state index contributed by atoms with van der Waals surface area (Å²) in [5.74, 6) is -0.968. The van der Waals surface area contributed by atoms with Crippen LogP contribution in [0, 0.1) is 5.92 Å². The number of hydrogen-bond acceptors (Lipinski definition) is 3. The minimum atomic E-state index is -0.692. The highest BCUT2D eigenvalue weighted by Crippen LogP contribution is 2.16. The van der Waals surface area contributed by atoms with Gasteiger partial charge in [-0.1, -0.05) is 37.3 Å². The van der Waals surface area contributed by atoms with Crippen LogP contribution >= 0.6 is 0 Å². The average molecular weight is 246 g/mol. The molecule has 0 aromatic heterocycles. The first-order valence-electron chi connectivity index (χ1n) is 6.17. The summed E-state index contributed by atoms with van der Waals surface area (Å²) in [6.45, 7) is 3.19. The van der Waals surface area contributed by atoms with E-state index in [4.69, 9.17) is 0 Å². The number of ketones is 3. The highest BCUT2D eigenvalue weighted by molar-refractivity contribution is 6.10. The molecule has 1 atom stereocenters. The quantitative estimate of drug-likeness (QED) is 0.549. The Morgan fingerprint density at radius 2 is 1.72 bits per heavy atom. The molecule has 0 aliphatic carbocycles. The molecular formula is C15H18O3. The lowest BCUT2D eigenvalue weighted by Crippen LogP contribution is -2.23. The second-order valence-electron chi connectivity index (χ2n) is 4.32. The molecule has 96 valence electrons. The molecule has 18 heavy (non-hydrogen) atoms. The Labute approximate surface area is 107 Å². The van der Waals surface area contributed by atoms with Gasteiger partial charge in [-0.05, 0) is 13.3 Å². The highest BCUT2D eigenvalue weighted by atomic mass is 16.2. The van der Waals surface area contributed by atoms with Crippen LogP contribution in [-0.2, 0) is 9.59 Å². The molecule has 0 aliphatic heterocycles. The van der Waals surface area contributed by atoms with Crippen molar-refractivity contribution in [1.29, 1.82) is 0 Å². The van der Waals surface area contributed by atoms with Gasteiger partial charge in [-0.3, -0.25) is 14.4 Å². The van der Waals surface area contributed by atoms with Gasteiger partial charge in [-0.15, -0.1) is 0 Å². The normalized spacial score (nSPS) is 11.9. The molecule has 0 saturated heterocycles. The second-order valence-corrected chi connectivity index (χ2v) is 4.32. The van der Waals surface area contributed by atoms with E-state index in [9.17, 15) is 14.4 Å². The van der Waals surface area contributed by atoms with Crippen molar-refractivity contribution in [3.63, 3.8) is 0 Å².